The summed E-state index contributed by atoms with van der Waals surface area (Å²) in [4.78, 5) is 61.0. The zero-order chi connectivity index (χ0) is 43.6. The fourth-order valence-electron chi connectivity index (χ4n) is 6.86. The van der Waals surface area contributed by atoms with E-state index in [1.54, 1.807) is 13.8 Å². The Kier molecular flexibility index (Phi) is 44.0. The van der Waals surface area contributed by atoms with E-state index in [4.69, 9.17) is 14.9 Å². The quantitative estimate of drug-likeness (QED) is 0.0221. The molecule has 0 aliphatic carbocycles. The SMILES string of the molecule is CC(O)COC(C)CO.CCCCCCCCCCP(O)(O)(O)CCCCCCCCCC.CCCCCCCCCCP(O)(O)(O)CCCCCCCCCC. The summed E-state index contributed by atoms with van der Waals surface area (Å²) in [7, 11) is -8.67. The molecule has 0 fully saturated rings. The minimum absolute atomic E-state index is 0.00667. The molecule has 0 aliphatic rings. The van der Waals surface area contributed by atoms with Gasteiger partial charge in [0.2, 0.25) is 0 Å². The van der Waals surface area contributed by atoms with Crippen LogP contribution in [0.1, 0.15) is 247 Å². The van der Waals surface area contributed by atoms with E-state index in [-0.39, 0.29) is 37.4 Å². The van der Waals surface area contributed by atoms with Gasteiger partial charge in [0.25, 0.3) is 0 Å². The average molecular weight is 863 g/mol. The van der Waals surface area contributed by atoms with Crippen molar-refractivity contribution >= 4 is 14.6 Å². The minimum atomic E-state index is -4.34. The number of hydrogen-bond donors (Lipinski definition) is 8. The molecule has 0 aromatic rings. The number of ether oxygens (including phenoxy) is 1. The number of hydrogen-bond acceptors (Lipinski definition) is 9. The molecule has 0 radical (unpaired) electrons. The third-order valence-electron chi connectivity index (χ3n) is 10.8. The van der Waals surface area contributed by atoms with Gasteiger partial charge in [0, 0.05) is 0 Å². The zero-order valence-corrected chi connectivity index (χ0v) is 40.7. The second kappa shape index (κ2) is 40.6. The van der Waals surface area contributed by atoms with Crippen molar-refractivity contribution in [1.29, 1.82) is 0 Å². The van der Waals surface area contributed by atoms with Gasteiger partial charge in [0.1, 0.15) is 0 Å². The molecule has 352 valence electrons. The first kappa shape index (κ1) is 61.8. The van der Waals surface area contributed by atoms with E-state index >= 15 is 0 Å². The fourth-order valence-corrected chi connectivity index (χ4v) is 10.8. The van der Waals surface area contributed by atoms with Gasteiger partial charge in [-0.3, -0.25) is 0 Å². The van der Waals surface area contributed by atoms with Gasteiger partial charge in [-0.05, 0) is 13.8 Å². The second-order valence-corrected chi connectivity index (χ2v) is 24.8. The molecule has 57 heavy (non-hydrogen) atoms. The van der Waals surface area contributed by atoms with E-state index < -0.39 is 20.7 Å². The number of aliphatic hydroxyl groups is 2. The molecule has 0 bridgehead atoms. The van der Waals surface area contributed by atoms with Crippen LogP contribution < -0.4 is 0 Å². The molecule has 0 spiro atoms. The summed E-state index contributed by atoms with van der Waals surface area (Å²) < 4.78 is 4.95. The Labute approximate surface area is 354 Å². The van der Waals surface area contributed by atoms with Gasteiger partial charge in [-0.15, -0.1) is 0 Å². The van der Waals surface area contributed by atoms with Crippen LogP contribution in [0.3, 0.4) is 0 Å². The standard InChI is InChI=1S/2C20H45O3P.C6H14O3/c2*1-3-5-7-9-11-13-15-17-19-24(21,22,23)20-18-16-14-12-10-8-6-4-2;1-5(8)4-9-6(2)3-7/h2*21-23H,3-20H2,1-2H3;5-8H,3-4H2,1-2H3. The summed E-state index contributed by atoms with van der Waals surface area (Å²) in [5, 5.41) is 17.1. The Morgan fingerprint density at radius 1 is 0.351 bits per heavy atom. The Morgan fingerprint density at radius 2 is 0.544 bits per heavy atom. The summed E-state index contributed by atoms with van der Waals surface area (Å²) >= 11 is 0. The molecule has 0 aliphatic heterocycles. The average Bonchev–Trinajstić information content (AvgIpc) is 3.15. The van der Waals surface area contributed by atoms with Crippen LogP contribution in [0.15, 0.2) is 0 Å². The topological polar surface area (TPSA) is 171 Å². The molecule has 0 saturated heterocycles. The summed E-state index contributed by atoms with van der Waals surface area (Å²) in [6, 6.07) is 0. The van der Waals surface area contributed by atoms with Gasteiger partial charge in [0.15, 0.2) is 0 Å². The Bertz CT molecular complexity index is 696. The summed E-state index contributed by atoms with van der Waals surface area (Å²) in [5.41, 5.74) is 0. The monoisotopic (exact) mass is 863 g/mol. The van der Waals surface area contributed by atoms with Gasteiger partial charge in [-0.25, -0.2) is 0 Å². The molecular weight excluding hydrogens is 758 g/mol. The van der Waals surface area contributed by atoms with Crippen molar-refractivity contribution in [3.63, 3.8) is 0 Å². The van der Waals surface area contributed by atoms with Crippen LogP contribution in [-0.4, -0.2) is 89.6 Å². The van der Waals surface area contributed by atoms with Crippen LogP contribution in [0, 0.1) is 0 Å². The molecule has 2 atom stereocenters. The molecule has 0 amide bonds. The molecule has 0 saturated carbocycles. The molecule has 0 aromatic heterocycles. The third kappa shape index (κ3) is 54.5. The van der Waals surface area contributed by atoms with Crippen LogP contribution in [0.5, 0.6) is 0 Å². The first-order valence-corrected chi connectivity index (χ1v) is 29.3. The van der Waals surface area contributed by atoms with Crippen LogP contribution in [0.2, 0.25) is 0 Å². The molecule has 8 N–H and O–H groups in total. The van der Waals surface area contributed by atoms with Crippen molar-refractivity contribution in [3.8, 4) is 0 Å². The number of rotatable bonds is 40. The molecular formula is C46H104O9P2. The third-order valence-corrected chi connectivity index (χ3v) is 15.7. The molecule has 0 heterocycles. The first-order chi connectivity index (χ1) is 26.9. The van der Waals surface area contributed by atoms with Gasteiger partial charge < -0.3 is 14.9 Å². The predicted molar refractivity (Wildman–Crippen MR) is 251 cm³/mol. The number of aliphatic hydroxyl groups excluding tert-OH is 2. The molecule has 0 aromatic carbocycles. The van der Waals surface area contributed by atoms with Crippen molar-refractivity contribution in [1.82, 2.24) is 0 Å². The van der Waals surface area contributed by atoms with Crippen molar-refractivity contribution in [2.75, 3.05) is 37.9 Å². The van der Waals surface area contributed by atoms with Crippen LogP contribution in [-0.2, 0) is 4.74 Å². The Hall–Kier alpha value is 0.500. The Morgan fingerprint density at radius 3 is 0.719 bits per heavy atom. The molecule has 11 heteroatoms. The van der Waals surface area contributed by atoms with Gasteiger partial charge in [-0.2, -0.15) is 0 Å². The van der Waals surface area contributed by atoms with Crippen molar-refractivity contribution in [3.05, 3.63) is 0 Å². The Balaban J connectivity index is -0.000000843. The summed E-state index contributed by atoms with van der Waals surface area (Å²) in [6.07, 6.45) is 37.5. The second-order valence-electron chi connectivity index (χ2n) is 17.7. The van der Waals surface area contributed by atoms with E-state index in [9.17, 15) is 29.4 Å². The predicted octanol–water partition coefficient (Wildman–Crippen LogP) is 12.9. The van der Waals surface area contributed by atoms with E-state index in [1.165, 1.54) is 128 Å². The van der Waals surface area contributed by atoms with Crippen molar-refractivity contribution < 1.29 is 44.3 Å². The maximum atomic E-state index is 10.2. The summed E-state index contributed by atoms with van der Waals surface area (Å²) in [5.74, 6) is 0. The summed E-state index contributed by atoms with van der Waals surface area (Å²) in [6.45, 7) is 12.6. The zero-order valence-electron chi connectivity index (χ0n) is 38.9. The molecule has 0 rings (SSSR count). The van der Waals surface area contributed by atoms with Gasteiger partial charge in [-0.1, -0.05) is 0 Å². The molecule has 9 nitrogen and oxygen atoms in total. The van der Waals surface area contributed by atoms with E-state index in [0.717, 1.165) is 77.0 Å². The van der Waals surface area contributed by atoms with Crippen LogP contribution in [0.4, 0.5) is 0 Å². The number of unbranched alkanes of at least 4 members (excludes halogenated alkanes) is 28. The van der Waals surface area contributed by atoms with E-state index in [1.807, 2.05) is 0 Å². The van der Waals surface area contributed by atoms with Gasteiger partial charge >= 0.3 is 302 Å². The molecule has 2 unspecified atom stereocenters. The first-order valence-electron chi connectivity index (χ1n) is 24.4. The maximum absolute atomic E-state index is 10.2. The van der Waals surface area contributed by atoms with Crippen molar-refractivity contribution in [2.45, 2.75) is 259 Å². The normalized spacial score (nSPS) is 14.4. The van der Waals surface area contributed by atoms with E-state index in [2.05, 4.69) is 27.7 Å². The van der Waals surface area contributed by atoms with Crippen LogP contribution in [0.25, 0.3) is 0 Å². The van der Waals surface area contributed by atoms with Gasteiger partial charge in [0.05, 0.1) is 25.4 Å². The van der Waals surface area contributed by atoms with Crippen molar-refractivity contribution in [2.24, 2.45) is 0 Å². The van der Waals surface area contributed by atoms with Crippen LogP contribution >= 0.6 is 14.6 Å². The van der Waals surface area contributed by atoms with E-state index in [0.29, 0.717) is 6.61 Å². The fraction of sp³-hybridized carbons (Fsp3) is 1.00.